The molecule has 122 valence electrons. The van der Waals surface area contributed by atoms with Gasteiger partial charge in [0.1, 0.15) is 6.10 Å². The largest absolute Gasteiger partial charge is 0.462 e. The molecule has 2 fully saturated rings. The Morgan fingerprint density at radius 2 is 1.67 bits per heavy atom. The van der Waals surface area contributed by atoms with Crippen molar-refractivity contribution in [2.45, 2.75) is 94.9 Å². The first kappa shape index (κ1) is 17.3. The number of esters is 1. The van der Waals surface area contributed by atoms with Crippen molar-refractivity contribution in [1.29, 1.82) is 0 Å². The molecule has 2 rings (SSSR count). The van der Waals surface area contributed by atoms with Crippen LogP contribution in [0.5, 0.6) is 0 Å². The molecule has 0 amide bonds. The first-order valence-corrected chi connectivity index (χ1v) is 9.95. The minimum Gasteiger partial charge on any atom is -0.462 e. The van der Waals surface area contributed by atoms with Gasteiger partial charge in [-0.05, 0) is 57.3 Å². The Balaban J connectivity index is 1.62. The second-order valence-corrected chi connectivity index (χ2v) is 8.32. The lowest BCUT2D eigenvalue weighted by molar-refractivity contribution is -0.157. The van der Waals surface area contributed by atoms with E-state index in [1.165, 1.54) is 38.5 Å². The summed E-state index contributed by atoms with van der Waals surface area (Å²) < 4.78 is 5.79. The summed E-state index contributed by atoms with van der Waals surface area (Å²) in [5.74, 6) is 1.14. The molecule has 0 radical (unpaired) electrons. The number of alkyl halides is 1. The average Bonchev–Trinajstić information content (AvgIpc) is 2.50. The van der Waals surface area contributed by atoms with Crippen molar-refractivity contribution < 1.29 is 9.53 Å². The van der Waals surface area contributed by atoms with Crippen LogP contribution in [0, 0.1) is 11.8 Å². The molecule has 0 bridgehead atoms. The fourth-order valence-electron chi connectivity index (χ4n) is 3.77. The third kappa shape index (κ3) is 5.92. The van der Waals surface area contributed by atoms with E-state index in [-0.39, 0.29) is 18.0 Å². The molecule has 0 aromatic rings. The van der Waals surface area contributed by atoms with E-state index < -0.39 is 0 Å². The topological polar surface area (TPSA) is 26.3 Å². The van der Waals surface area contributed by atoms with Crippen LogP contribution in [0.2, 0.25) is 0 Å². The Hall–Kier alpha value is -0.0500. The summed E-state index contributed by atoms with van der Waals surface area (Å²) in [5.41, 5.74) is 0. The maximum absolute atomic E-state index is 12.2. The number of hydrogen-bond donors (Lipinski definition) is 0. The van der Waals surface area contributed by atoms with E-state index in [2.05, 4.69) is 22.9 Å². The molecular formula is C18H31BrO2. The second kappa shape index (κ2) is 9.17. The van der Waals surface area contributed by atoms with Gasteiger partial charge in [0.2, 0.25) is 0 Å². The quantitative estimate of drug-likeness (QED) is 0.349. The number of unbranched alkanes of at least 4 members (excludes halogenated alkanes) is 2. The van der Waals surface area contributed by atoms with Crippen LogP contribution in [0.4, 0.5) is 0 Å². The zero-order valence-electron chi connectivity index (χ0n) is 13.5. The maximum atomic E-state index is 12.2. The standard InChI is InChI=1S/C18H31BrO2/c1-2-3-4-5-14-6-12-17(13-7-14)21-18(20)15-8-10-16(19)11-9-15/h14-17H,2-13H2,1H3. The van der Waals surface area contributed by atoms with Gasteiger partial charge in [-0.3, -0.25) is 4.79 Å². The molecule has 0 aromatic carbocycles. The average molecular weight is 359 g/mol. The van der Waals surface area contributed by atoms with E-state index in [1.807, 2.05) is 0 Å². The molecule has 3 heteroatoms. The SMILES string of the molecule is CCCCCC1CCC(OC(=O)C2CCC(Br)CC2)CC1. The molecule has 21 heavy (non-hydrogen) atoms. The molecule has 2 nitrogen and oxygen atoms in total. The van der Waals surface area contributed by atoms with Gasteiger partial charge in [0.05, 0.1) is 5.92 Å². The predicted molar refractivity (Wildman–Crippen MR) is 90.7 cm³/mol. The summed E-state index contributed by atoms with van der Waals surface area (Å²) >= 11 is 3.64. The van der Waals surface area contributed by atoms with Gasteiger partial charge in [0.15, 0.2) is 0 Å². The van der Waals surface area contributed by atoms with Crippen molar-refractivity contribution >= 4 is 21.9 Å². The molecule has 0 heterocycles. The van der Waals surface area contributed by atoms with Gasteiger partial charge in [-0.2, -0.15) is 0 Å². The molecule has 0 aromatic heterocycles. The van der Waals surface area contributed by atoms with E-state index in [4.69, 9.17) is 4.74 Å². The van der Waals surface area contributed by atoms with Gasteiger partial charge in [-0.1, -0.05) is 48.5 Å². The summed E-state index contributed by atoms with van der Waals surface area (Å²) in [6, 6.07) is 0. The summed E-state index contributed by atoms with van der Waals surface area (Å²) in [5, 5.41) is 0. The zero-order valence-corrected chi connectivity index (χ0v) is 15.1. The van der Waals surface area contributed by atoms with Crippen LogP contribution in [0.3, 0.4) is 0 Å². The van der Waals surface area contributed by atoms with Crippen molar-refractivity contribution in [3.63, 3.8) is 0 Å². The van der Waals surface area contributed by atoms with Crippen LogP contribution in [0.25, 0.3) is 0 Å². The highest BCUT2D eigenvalue weighted by molar-refractivity contribution is 9.09. The van der Waals surface area contributed by atoms with Gasteiger partial charge >= 0.3 is 5.97 Å². The molecule has 2 aliphatic rings. The smallest absolute Gasteiger partial charge is 0.309 e. The highest BCUT2D eigenvalue weighted by atomic mass is 79.9. The summed E-state index contributed by atoms with van der Waals surface area (Å²) in [4.78, 5) is 12.8. The fraction of sp³-hybridized carbons (Fsp3) is 0.944. The third-order valence-electron chi connectivity index (χ3n) is 5.28. The maximum Gasteiger partial charge on any atom is 0.309 e. The fourth-order valence-corrected chi connectivity index (χ4v) is 4.30. The first-order valence-electron chi connectivity index (χ1n) is 9.03. The molecule has 0 unspecified atom stereocenters. The van der Waals surface area contributed by atoms with Crippen molar-refractivity contribution in [2.24, 2.45) is 11.8 Å². The first-order chi connectivity index (χ1) is 10.2. The number of rotatable bonds is 6. The Morgan fingerprint density at radius 1 is 1.00 bits per heavy atom. The molecule has 0 saturated heterocycles. The Labute approximate surface area is 138 Å². The molecule has 2 aliphatic carbocycles. The lowest BCUT2D eigenvalue weighted by Gasteiger charge is -2.30. The lowest BCUT2D eigenvalue weighted by Crippen LogP contribution is -2.30. The lowest BCUT2D eigenvalue weighted by atomic mass is 9.84. The van der Waals surface area contributed by atoms with Gasteiger partial charge in [0, 0.05) is 4.83 Å². The van der Waals surface area contributed by atoms with Crippen LogP contribution in [-0.2, 0) is 9.53 Å². The molecule has 0 aliphatic heterocycles. The Bertz CT molecular complexity index is 302. The third-order valence-corrected chi connectivity index (χ3v) is 6.20. The molecule has 2 saturated carbocycles. The monoisotopic (exact) mass is 358 g/mol. The van der Waals surface area contributed by atoms with E-state index >= 15 is 0 Å². The number of carbonyl (C=O) groups is 1. The minimum absolute atomic E-state index is 0.0869. The Kier molecular flexibility index (Phi) is 7.56. The van der Waals surface area contributed by atoms with Gasteiger partial charge in [0.25, 0.3) is 0 Å². The van der Waals surface area contributed by atoms with Crippen LogP contribution in [0.1, 0.15) is 84.0 Å². The number of halogens is 1. The molecule has 0 N–H and O–H groups in total. The van der Waals surface area contributed by atoms with Gasteiger partial charge < -0.3 is 4.74 Å². The van der Waals surface area contributed by atoms with Crippen molar-refractivity contribution in [3.05, 3.63) is 0 Å². The molecular weight excluding hydrogens is 328 g/mol. The summed E-state index contributed by atoms with van der Waals surface area (Å²) in [6.07, 6.45) is 14.6. The normalized spacial score (nSPS) is 33.6. The van der Waals surface area contributed by atoms with Crippen molar-refractivity contribution in [2.75, 3.05) is 0 Å². The van der Waals surface area contributed by atoms with E-state index in [0.717, 1.165) is 44.4 Å². The van der Waals surface area contributed by atoms with Crippen molar-refractivity contribution in [1.82, 2.24) is 0 Å². The summed E-state index contributed by atoms with van der Waals surface area (Å²) in [6.45, 7) is 2.26. The van der Waals surface area contributed by atoms with Crippen LogP contribution in [0.15, 0.2) is 0 Å². The minimum atomic E-state index is 0.0869. The molecule has 0 spiro atoms. The van der Waals surface area contributed by atoms with Crippen LogP contribution >= 0.6 is 15.9 Å². The number of carbonyl (C=O) groups excluding carboxylic acids is 1. The second-order valence-electron chi connectivity index (χ2n) is 7.02. The highest BCUT2D eigenvalue weighted by Crippen LogP contribution is 2.33. The van der Waals surface area contributed by atoms with E-state index in [9.17, 15) is 4.79 Å². The molecule has 0 atom stereocenters. The van der Waals surface area contributed by atoms with E-state index in [1.54, 1.807) is 0 Å². The predicted octanol–water partition coefficient (Wildman–Crippen LogP) is 5.62. The van der Waals surface area contributed by atoms with E-state index in [0.29, 0.717) is 4.83 Å². The van der Waals surface area contributed by atoms with Gasteiger partial charge in [-0.25, -0.2) is 0 Å². The summed E-state index contributed by atoms with van der Waals surface area (Å²) in [7, 11) is 0. The zero-order chi connectivity index (χ0) is 15.1. The van der Waals surface area contributed by atoms with Crippen LogP contribution in [-0.4, -0.2) is 16.9 Å². The number of ether oxygens (including phenoxy) is 1. The van der Waals surface area contributed by atoms with Crippen LogP contribution < -0.4 is 0 Å². The number of hydrogen-bond acceptors (Lipinski definition) is 2. The van der Waals surface area contributed by atoms with Gasteiger partial charge in [-0.15, -0.1) is 0 Å². The van der Waals surface area contributed by atoms with Crippen molar-refractivity contribution in [3.8, 4) is 0 Å². The Morgan fingerprint density at radius 3 is 2.29 bits per heavy atom. The highest BCUT2D eigenvalue weighted by Gasteiger charge is 2.29.